The molecule has 150 valence electrons. The van der Waals surface area contributed by atoms with Crippen LogP contribution in [-0.4, -0.2) is 39.9 Å². The Balaban J connectivity index is 1.46. The maximum absolute atomic E-state index is 13.1. The number of aromatic hydroxyl groups is 1. The van der Waals surface area contributed by atoms with E-state index in [1.165, 1.54) is 0 Å². The maximum Gasteiger partial charge on any atom is 0.257 e. The van der Waals surface area contributed by atoms with Gasteiger partial charge in [0.25, 0.3) is 5.91 Å². The van der Waals surface area contributed by atoms with E-state index in [1.54, 1.807) is 52.3 Å². The lowest BCUT2D eigenvalue weighted by Crippen LogP contribution is -2.62. The van der Waals surface area contributed by atoms with E-state index < -0.39 is 5.66 Å². The maximum atomic E-state index is 13.1. The Morgan fingerprint density at radius 1 is 1.14 bits per heavy atom. The van der Waals surface area contributed by atoms with Gasteiger partial charge in [-0.05, 0) is 43.2 Å². The Kier molecular flexibility index (Phi) is 4.74. The summed E-state index contributed by atoms with van der Waals surface area (Å²) in [7, 11) is 0. The first-order valence-electron chi connectivity index (χ1n) is 9.69. The molecular weight excluding hydrogens is 370 g/mol. The van der Waals surface area contributed by atoms with Crippen LogP contribution >= 0.6 is 0 Å². The van der Waals surface area contributed by atoms with E-state index in [9.17, 15) is 19.5 Å². The van der Waals surface area contributed by atoms with Gasteiger partial charge in [0.05, 0.1) is 11.3 Å². The van der Waals surface area contributed by atoms with Crippen molar-refractivity contribution in [2.45, 2.75) is 38.4 Å². The van der Waals surface area contributed by atoms with Gasteiger partial charge in [0.2, 0.25) is 11.8 Å². The van der Waals surface area contributed by atoms with E-state index in [2.05, 4.69) is 5.32 Å². The monoisotopic (exact) mass is 393 g/mol. The van der Waals surface area contributed by atoms with Gasteiger partial charge in [0.15, 0.2) is 0 Å². The van der Waals surface area contributed by atoms with E-state index in [4.69, 9.17) is 0 Å². The SMILES string of the molecule is C[C@]12CCC(=O)N1c1ccccc1C(=O)N2CCC(=O)NCc1ccc(O)cc1. The van der Waals surface area contributed by atoms with Crippen molar-refractivity contribution >= 4 is 23.4 Å². The molecule has 2 N–H and O–H groups in total. The highest BCUT2D eigenvalue weighted by Crippen LogP contribution is 2.43. The Morgan fingerprint density at radius 3 is 2.62 bits per heavy atom. The number of carbonyl (C=O) groups excluding carboxylic acids is 3. The van der Waals surface area contributed by atoms with E-state index in [0.29, 0.717) is 30.6 Å². The Morgan fingerprint density at radius 2 is 1.86 bits per heavy atom. The number of phenolic OH excluding ortho intramolecular Hbond substituents is 1. The second-order valence-corrected chi connectivity index (χ2v) is 7.61. The van der Waals surface area contributed by atoms with Crippen molar-refractivity contribution in [2.24, 2.45) is 0 Å². The van der Waals surface area contributed by atoms with Crippen molar-refractivity contribution in [2.75, 3.05) is 11.4 Å². The summed E-state index contributed by atoms with van der Waals surface area (Å²) in [6.07, 6.45) is 1.06. The summed E-state index contributed by atoms with van der Waals surface area (Å²) in [5, 5.41) is 12.2. The molecule has 2 aromatic carbocycles. The van der Waals surface area contributed by atoms with Gasteiger partial charge < -0.3 is 15.3 Å². The zero-order chi connectivity index (χ0) is 20.6. The Hall–Kier alpha value is -3.35. The summed E-state index contributed by atoms with van der Waals surface area (Å²) in [5.74, 6) is -0.160. The van der Waals surface area contributed by atoms with E-state index in [-0.39, 0.29) is 36.4 Å². The molecule has 0 aromatic heterocycles. The number of amides is 3. The predicted octanol–water partition coefficient (Wildman–Crippen LogP) is 2.40. The molecule has 7 nitrogen and oxygen atoms in total. The van der Waals surface area contributed by atoms with Gasteiger partial charge in [-0.2, -0.15) is 0 Å². The zero-order valence-corrected chi connectivity index (χ0v) is 16.2. The number of hydrogen-bond acceptors (Lipinski definition) is 4. The van der Waals surface area contributed by atoms with Crippen molar-refractivity contribution in [1.29, 1.82) is 0 Å². The standard InChI is InChI=1S/C22H23N3O4/c1-22-12-10-20(28)25(22)18-5-3-2-4-17(18)21(29)24(22)13-11-19(27)23-14-15-6-8-16(26)9-7-15/h2-9,26H,10-14H2,1H3,(H,23,27)/t22-/m1/s1. The van der Waals surface area contributed by atoms with Crippen molar-refractivity contribution in [3.63, 3.8) is 0 Å². The molecule has 2 aliphatic heterocycles. The second kappa shape index (κ2) is 7.24. The summed E-state index contributed by atoms with van der Waals surface area (Å²) < 4.78 is 0. The number of hydrogen-bond donors (Lipinski definition) is 2. The summed E-state index contributed by atoms with van der Waals surface area (Å²) in [6, 6.07) is 13.7. The lowest BCUT2D eigenvalue weighted by atomic mass is 9.98. The average Bonchev–Trinajstić information content (AvgIpc) is 3.02. The van der Waals surface area contributed by atoms with Crippen LogP contribution in [-0.2, 0) is 16.1 Å². The van der Waals surface area contributed by atoms with E-state index in [1.807, 2.05) is 13.0 Å². The molecule has 3 amide bonds. The number of rotatable bonds is 5. The molecule has 0 unspecified atom stereocenters. The van der Waals surface area contributed by atoms with Crippen molar-refractivity contribution in [1.82, 2.24) is 10.2 Å². The highest BCUT2D eigenvalue weighted by molar-refractivity contribution is 6.10. The minimum absolute atomic E-state index is 0.00534. The molecule has 2 aromatic rings. The summed E-state index contributed by atoms with van der Waals surface area (Å²) >= 11 is 0. The number of benzene rings is 2. The highest BCUT2D eigenvalue weighted by atomic mass is 16.3. The number of nitrogens with one attached hydrogen (secondary N) is 1. The van der Waals surface area contributed by atoms with E-state index in [0.717, 1.165) is 5.56 Å². The van der Waals surface area contributed by atoms with Crippen LogP contribution in [0.15, 0.2) is 48.5 Å². The quantitative estimate of drug-likeness (QED) is 0.816. The molecule has 0 bridgehead atoms. The lowest BCUT2D eigenvalue weighted by molar-refractivity contribution is -0.121. The first-order valence-corrected chi connectivity index (χ1v) is 9.69. The normalized spacial score (nSPS) is 20.4. The van der Waals surface area contributed by atoms with Crippen LogP contribution in [0.4, 0.5) is 5.69 Å². The largest absolute Gasteiger partial charge is 0.508 e. The van der Waals surface area contributed by atoms with Crippen LogP contribution in [0, 0.1) is 0 Å². The van der Waals surface area contributed by atoms with Crippen molar-refractivity contribution < 1.29 is 19.5 Å². The van der Waals surface area contributed by atoms with E-state index >= 15 is 0 Å². The number of phenols is 1. The predicted molar refractivity (Wildman–Crippen MR) is 107 cm³/mol. The first-order chi connectivity index (χ1) is 13.9. The van der Waals surface area contributed by atoms with Gasteiger partial charge in [-0.3, -0.25) is 19.3 Å². The third-order valence-corrected chi connectivity index (χ3v) is 5.73. The van der Waals surface area contributed by atoms with Crippen molar-refractivity contribution in [3.05, 3.63) is 59.7 Å². The number of anilines is 1. The summed E-state index contributed by atoms with van der Waals surface area (Å²) in [6.45, 7) is 2.46. The topological polar surface area (TPSA) is 90.0 Å². The molecule has 2 aliphatic rings. The van der Waals surface area contributed by atoms with Crippen LogP contribution in [0.25, 0.3) is 0 Å². The van der Waals surface area contributed by atoms with Gasteiger partial charge in [-0.15, -0.1) is 0 Å². The first kappa shape index (κ1) is 19.0. The molecule has 4 rings (SSSR count). The van der Waals surface area contributed by atoms with Gasteiger partial charge in [0.1, 0.15) is 11.4 Å². The van der Waals surface area contributed by atoms with Gasteiger partial charge in [0, 0.05) is 25.9 Å². The van der Waals surface area contributed by atoms with Crippen LogP contribution < -0.4 is 10.2 Å². The fourth-order valence-corrected chi connectivity index (χ4v) is 4.16. The van der Waals surface area contributed by atoms with Crippen LogP contribution in [0.5, 0.6) is 5.75 Å². The minimum Gasteiger partial charge on any atom is -0.508 e. The Bertz CT molecular complexity index is 972. The average molecular weight is 393 g/mol. The van der Waals surface area contributed by atoms with Crippen LogP contribution in [0.3, 0.4) is 0 Å². The lowest BCUT2D eigenvalue weighted by Gasteiger charge is -2.48. The molecule has 1 fully saturated rings. The van der Waals surface area contributed by atoms with Gasteiger partial charge in [-0.1, -0.05) is 24.3 Å². The van der Waals surface area contributed by atoms with Gasteiger partial charge >= 0.3 is 0 Å². The molecule has 0 radical (unpaired) electrons. The summed E-state index contributed by atoms with van der Waals surface area (Å²) in [5.41, 5.74) is 1.26. The second-order valence-electron chi connectivity index (χ2n) is 7.61. The fraction of sp³-hybridized carbons (Fsp3) is 0.318. The van der Waals surface area contributed by atoms with Crippen LogP contribution in [0.1, 0.15) is 42.1 Å². The fourth-order valence-electron chi connectivity index (χ4n) is 4.16. The summed E-state index contributed by atoms with van der Waals surface area (Å²) in [4.78, 5) is 41.4. The molecule has 2 heterocycles. The highest BCUT2D eigenvalue weighted by Gasteiger charge is 2.52. The molecule has 1 atom stereocenters. The molecule has 0 saturated carbocycles. The third kappa shape index (κ3) is 3.33. The number of para-hydroxylation sites is 1. The molecule has 1 saturated heterocycles. The third-order valence-electron chi connectivity index (χ3n) is 5.73. The van der Waals surface area contributed by atoms with Gasteiger partial charge in [-0.25, -0.2) is 0 Å². The minimum atomic E-state index is -0.750. The molecule has 7 heteroatoms. The van der Waals surface area contributed by atoms with Crippen LogP contribution in [0.2, 0.25) is 0 Å². The molecule has 0 aliphatic carbocycles. The number of carbonyl (C=O) groups is 3. The number of fused-ring (bicyclic) bond motifs is 3. The van der Waals surface area contributed by atoms with Crippen molar-refractivity contribution in [3.8, 4) is 5.75 Å². The molecular formula is C22H23N3O4. The number of nitrogens with zero attached hydrogens (tertiary/aromatic N) is 2. The zero-order valence-electron chi connectivity index (χ0n) is 16.2. The molecule has 0 spiro atoms. The smallest absolute Gasteiger partial charge is 0.257 e. The Labute approximate surface area is 168 Å². The molecule has 29 heavy (non-hydrogen) atoms.